The number of urea groups is 1. The molecule has 3 aromatic rings. The third-order valence-electron chi connectivity index (χ3n) is 5.13. The first-order valence-corrected chi connectivity index (χ1v) is 10.7. The number of aromatic nitrogens is 2. The SMILES string of the molecule is COc1ccc(Nc2cc(C)nc(N3CCN(C(=O)Nc4cccc(Cl)c4)CC3)n2)cc1. The maximum absolute atomic E-state index is 12.6. The number of anilines is 4. The van der Waals surface area contributed by atoms with Gasteiger partial charge in [0.1, 0.15) is 11.6 Å². The predicted molar refractivity (Wildman–Crippen MR) is 127 cm³/mol. The van der Waals surface area contributed by atoms with Gasteiger partial charge in [-0.1, -0.05) is 17.7 Å². The zero-order valence-electron chi connectivity index (χ0n) is 18.0. The van der Waals surface area contributed by atoms with Crippen molar-refractivity contribution in [1.82, 2.24) is 14.9 Å². The van der Waals surface area contributed by atoms with Gasteiger partial charge in [-0.2, -0.15) is 4.98 Å². The van der Waals surface area contributed by atoms with Crippen LogP contribution in [0.2, 0.25) is 5.02 Å². The Balaban J connectivity index is 1.38. The molecule has 1 aliphatic heterocycles. The Morgan fingerprint density at radius 3 is 2.44 bits per heavy atom. The van der Waals surface area contributed by atoms with Gasteiger partial charge in [0.05, 0.1) is 7.11 Å². The standard InChI is InChI=1S/C23H25ClN6O2/c1-16-14-21(26-18-6-8-20(32-2)9-7-18)28-22(25-16)29-10-12-30(13-11-29)23(31)27-19-5-3-4-17(24)15-19/h3-9,14-15H,10-13H2,1-2H3,(H,27,31)(H,25,26,28). The minimum absolute atomic E-state index is 0.140. The Morgan fingerprint density at radius 2 is 1.75 bits per heavy atom. The number of hydrogen-bond donors (Lipinski definition) is 2. The number of aryl methyl sites for hydroxylation is 1. The molecular weight excluding hydrogens is 428 g/mol. The number of nitrogens with one attached hydrogen (secondary N) is 2. The van der Waals surface area contributed by atoms with Gasteiger partial charge in [-0.25, -0.2) is 9.78 Å². The molecule has 1 fully saturated rings. The summed E-state index contributed by atoms with van der Waals surface area (Å²) in [5, 5.41) is 6.80. The van der Waals surface area contributed by atoms with Crippen molar-refractivity contribution in [2.45, 2.75) is 6.92 Å². The van der Waals surface area contributed by atoms with Gasteiger partial charge in [0.2, 0.25) is 5.95 Å². The number of benzene rings is 2. The Hall–Kier alpha value is -3.52. The molecule has 2 amide bonds. The van der Waals surface area contributed by atoms with E-state index in [1.807, 2.05) is 49.4 Å². The van der Waals surface area contributed by atoms with Crippen molar-refractivity contribution in [2.24, 2.45) is 0 Å². The molecule has 1 aromatic heterocycles. The zero-order valence-corrected chi connectivity index (χ0v) is 18.8. The lowest BCUT2D eigenvalue weighted by molar-refractivity contribution is 0.208. The summed E-state index contributed by atoms with van der Waals surface area (Å²) in [5.74, 6) is 2.17. The monoisotopic (exact) mass is 452 g/mol. The van der Waals surface area contributed by atoms with Crippen molar-refractivity contribution in [3.05, 3.63) is 65.3 Å². The summed E-state index contributed by atoms with van der Waals surface area (Å²) in [6, 6.07) is 16.6. The number of ether oxygens (including phenoxy) is 1. The van der Waals surface area contributed by atoms with Crippen molar-refractivity contribution >= 4 is 40.8 Å². The van der Waals surface area contributed by atoms with E-state index in [9.17, 15) is 4.79 Å². The molecule has 4 rings (SSSR count). The highest BCUT2D eigenvalue weighted by molar-refractivity contribution is 6.30. The summed E-state index contributed by atoms with van der Waals surface area (Å²) in [6.07, 6.45) is 0. The van der Waals surface area contributed by atoms with Gasteiger partial charge in [-0.05, 0) is 49.4 Å². The predicted octanol–water partition coefficient (Wildman–Crippen LogP) is 4.54. The van der Waals surface area contributed by atoms with Crippen LogP contribution in [0.25, 0.3) is 0 Å². The van der Waals surface area contributed by atoms with Crippen LogP contribution in [0.4, 0.5) is 27.9 Å². The fraction of sp³-hybridized carbons (Fsp3) is 0.261. The average molecular weight is 453 g/mol. The van der Waals surface area contributed by atoms with Crippen LogP contribution in [0.5, 0.6) is 5.75 Å². The molecule has 2 heterocycles. The molecule has 0 aliphatic carbocycles. The third-order valence-corrected chi connectivity index (χ3v) is 5.37. The molecule has 32 heavy (non-hydrogen) atoms. The van der Waals surface area contributed by atoms with E-state index in [-0.39, 0.29) is 6.03 Å². The molecule has 1 saturated heterocycles. The average Bonchev–Trinajstić information content (AvgIpc) is 2.79. The molecule has 0 bridgehead atoms. The first-order chi connectivity index (χ1) is 15.5. The fourth-order valence-corrected chi connectivity index (χ4v) is 3.65. The third kappa shape index (κ3) is 5.39. The van der Waals surface area contributed by atoms with E-state index in [1.54, 1.807) is 24.1 Å². The van der Waals surface area contributed by atoms with Crippen molar-refractivity contribution < 1.29 is 9.53 Å². The molecule has 2 aromatic carbocycles. The molecule has 0 radical (unpaired) electrons. The van der Waals surface area contributed by atoms with Crippen molar-refractivity contribution in [3.63, 3.8) is 0 Å². The molecule has 9 heteroatoms. The summed E-state index contributed by atoms with van der Waals surface area (Å²) in [6.45, 7) is 4.39. The highest BCUT2D eigenvalue weighted by atomic mass is 35.5. The second-order valence-electron chi connectivity index (χ2n) is 7.46. The topological polar surface area (TPSA) is 82.6 Å². The summed E-state index contributed by atoms with van der Waals surface area (Å²) in [7, 11) is 1.64. The lowest BCUT2D eigenvalue weighted by Gasteiger charge is -2.34. The van der Waals surface area contributed by atoms with E-state index in [0.29, 0.717) is 42.8 Å². The number of piperazine rings is 1. The molecule has 0 atom stereocenters. The minimum Gasteiger partial charge on any atom is -0.497 e. The second kappa shape index (κ2) is 9.74. The lowest BCUT2D eigenvalue weighted by Crippen LogP contribution is -2.50. The minimum atomic E-state index is -0.140. The lowest BCUT2D eigenvalue weighted by atomic mass is 10.3. The van der Waals surface area contributed by atoms with Crippen molar-refractivity contribution in [1.29, 1.82) is 0 Å². The van der Waals surface area contributed by atoms with Crippen LogP contribution in [-0.2, 0) is 0 Å². The summed E-state index contributed by atoms with van der Waals surface area (Å²) < 4.78 is 5.20. The van der Waals surface area contributed by atoms with Crippen LogP contribution in [0.1, 0.15) is 5.69 Å². The Morgan fingerprint density at radius 1 is 1.00 bits per heavy atom. The Kier molecular flexibility index (Phi) is 6.61. The van der Waals surface area contributed by atoms with Crippen LogP contribution in [0, 0.1) is 6.92 Å². The first-order valence-electron chi connectivity index (χ1n) is 10.3. The fourth-order valence-electron chi connectivity index (χ4n) is 3.46. The molecule has 1 aliphatic rings. The second-order valence-corrected chi connectivity index (χ2v) is 7.90. The summed E-state index contributed by atoms with van der Waals surface area (Å²) >= 11 is 5.99. The maximum atomic E-state index is 12.6. The van der Waals surface area contributed by atoms with Crippen LogP contribution in [-0.4, -0.2) is 54.2 Å². The largest absolute Gasteiger partial charge is 0.497 e. The molecule has 2 N–H and O–H groups in total. The number of hydrogen-bond acceptors (Lipinski definition) is 6. The van der Waals surface area contributed by atoms with Crippen LogP contribution in [0.15, 0.2) is 54.6 Å². The van der Waals surface area contributed by atoms with E-state index in [1.165, 1.54) is 0 Å². The number of methoxy groups -OCH3 is 1. The van der Waals surface area contributed by atoms with Gasteiger partial charge >= 0.3 is 6.03 Å². The Bertz CT molecular complexity index is 1080. The number of amides is 2. The van der Waals surface area contributed by atoms with E-state index >= 15 is 0 Å². The molecular formula is C23H25ClN6O2. The van der Waals surface area contributed by atoms with Gasteiger partial charge in [-0.3, -0.25) is 0 Å². The highest BCUT2D eigenvalue weighted by Crippen LogP contribution is 2.22. The van der Waals surface area contributed by atoms with Gasteiger partial charge < -0.3 is 25.2 Å². The Labute approximate surface area is 192 Å². The summed E-state index contributed by atoms with van der Waals surface area (Å²) in [4.78, 5) is 25.7. The van der Waals surface area contributed by atoms with Crippen molar-refractivity contribution in [3.8, 4) is 5.75 Å². The molecule has 0 saturated carbocycles. The number of rotatable bonds is 5. The number of nitrogens with zero attached hydrogens (tertiary/aromatic N) is 4. The summed E-state index contributed by atoms with van der Waals surface area (Å²) in [5.41, 5.74) is 2.46. The van der Waals surface area contributed by atoms with Crippen molar-refractivity contribution in [2.75, 3.05) is 48.8 Å². The number of halogens is 1. The quantitative estimate of drug-likeness (QED) is 0.591. The number of carbonyl (C=O) groups is 1. The normalized spacial score (nSPS) is 13.6. The molecule has 166 valence electrons. The maximum Gasteiger partial charge on any atom is 0.321 e. The smallest absolute Gasteiger partial charge is 0.321 e. The molecule has 0 spiro atoms. The van der Waals surface area contributed by atoms with E-state index in [4.69, 9.17) is 16.3 Å². The molecule has 8 nitrogen and oxygen atoms in total. The first kappa shape index (κ1) is 21.7. The van der Waals surface area contributed by atoms with Gasteiger partial charge in [0, 0.05) is 54.3 Å². The number of carbonyl (C=O) groups excluding carboxylic acids is 1. The van der Waals surface area contributed by atoms with Gasteiger partial charge in [0.25, 0.3) is 0 Å². The van der Waals surface area contributed by atoms with Gasteiger partial charge in [-0.15, -0.1) is 0 Å². The van der Waals surface area contributed by atoms with Gasteiger partial charge in [0.15, 0.2) is 0 Å². The van der Waals surface area contributed by atoms with E-state index in [2.05, 4.69) is 25.5 Å². The highest BCUT2D eigenvalue weighted by Gasteiger charge is 2.23. The zero-order chi connectivity index (χ0) is 22.5. The molecule has 0 unspecified atom stereocenters. The van der Waals surface area contributed by atoms with Crippen LogP contribution < -0.4 is 20.3 Å². The van der Waals surface area contributed by atoms with Crippen LogP contribution in [0.3, 0.4) is 0 Å². The van der Waals surface area contributed by atoms with E-state index in [0.717, 1.165) is 22.9 Å². The van der Waals surface area contributed by atoms with E-state index < -0.39 is 0 Å². The van der Waals surface area contributed by atoms with Crippen LogP contribution >= 0.6 is 11.6 Å².